The molecule has 2 heterocycles. The summed E-state index contributed by atoms with van der Waals surface area (Å²) < 4.78 is 5.49. The zero-order valence-electron chi connectivity index (χ0n) is 9.66. The minimum Gasteiger partial charge on any atom is -0.466 e. The molecule has 1 unspecified atom stereocenters. The highest BCUT2D eigenvalue weighted by molar-refractivity contribution is 5.61. The van der Waals surface area contributed by atoms with Gasteiger partial charge in [-0.15, -0.1) is 0 Å². The van der Waals surface area contributed by atoms with Gasteiger partial charge in [-0.3, -0.25) is 5.10 Å². The Morgan fingerprint density at radius 1 is 1.50 bits per heavy atom. The molecule has 5 heteroatoms. The van der Waals surface area contributed by atoms with E-state index in [-0.39, 0.29) is 6.04 Å². The van der Waals surface area contributed by atoms with Crippen molar-refractivity contribution in [3.05, 3.63) is 29.3 Å². The maximum atomic E-state index is 5.71. The Labute approximate surface area is 94.0 Å². The summed E-state index contributed by atoms with van der Waals surface area (Å²) in [5.74, 6) is 2.39. The number of rotatable bonds is 3. The first-order valence-electron chi connectivity index (χ1n) is 5.20. The van der Waals surface area contributed by atoms with E-state index in [9.17, 15) is 0 Å². The lowest BCUT2D eigenvalue weighted by Crippen LogP contribution is -2.07. The van der Waals surface area contributed by atoms with Crippen LogP contribution in [-0.4, -0.2) is 10.2 Å². The molecule has 0 fully saturated rings. The number of nitrogen functional groups attached to an aromatic ring is 1. The highest BCUT2D eigenvalue weighted by Gasteiger charge is 2.13. The van der Waals surface area contributed by atoms with Gasteiger partial charge in [0.2, 0.25) is 0 Å². The first-order valence-corrected chi connectivity index (χ1v) is 5.20. The SMILES string of the molecule is Cc1cc(C(C)Nc2cn[nH]c2N)c(C)o1. The fourth-order valence-electron chi connectivity index (χ4n) is 1.80. The molecule has 0 amide bonds. The maximum absolute atomic E-state index is 5.71. The van der Waals surface area contributed by atoms with Gasteiger partial charge in [-0.25, -0.2) is 0 Å². The molecule has 2 aromatic rings. The lowest BCUT2D eigenvalue weighted by molar-refractivity contribution is 0.500. The number of nitrogens with two attached hydrogens (primary N) is 1. The molecule has 0 saturated carbocycles. The van der Waals surface area contributed by atoms with Crippen LogP contribution in [0.2, 0.25) is 0 Å². The number of H-pyrrole nitrogens is 1. The van der Waals surface area contributed by atoms with Crippen molar-refractivity contribution in [2.75, 3.05) is 11.1 Å². The van der Waals surface area contributed by atoms with E-state index in [4.69, 9.17) is 10.2 Å². The van der Waals surface area contributed by atoms with E-state index in [1.165, 1.54) is 0 Å². The van der Waals surface area contributed by atoms with Crippen LogP contribution in [0, 0.1) is 13.8 Å². The van der Waals surface area contributed by atoms with E-state index in [1.54, 1.807) is 6.20 Å². The van der Waals surface area contributed by atoms with E-state index >= 15 is 0 Å². The first kappa shape index (κ1) is 10.6. The predicted molar refractivity (Wildman–Crippen MR) is 63.2 cm³/mol. The summed E-state index contributed by atoms with van der Waals surface area (Å²) in [6.07, 6.45) is 1.67. The van der Waals surface area contributed by atoms with Crippen LogP contribution < -0.4 is 11.1 Å². The normalized spacial score (nSPS) is 12.7. The third-order valence-electron chi connectivity index (χ3n) is 2.59. The topological polar surface area (TPSA) is 79.9 Å². The molecule has 1 atom stereocenters. The van der Waals surface area contributed by atoms with Crippen LogP contribution in [0.5, 0.6) is 0 Å². The number of anilines is 2. The summed E-state index contributed by atoms with van der Waals surface area (Å²) in [5, 5.41) is 9.83. The zero-order valence-corrected chi connectivity index (χ0v) is 9.66. The van der Waals surface area contributed by atoms with E-state index in [0.29, 0.717) is 5.82 Å². The van der Waals surface area contributed by atoms with Crippen molar-refractivity contribution in [3.63, 3.8) is 0 Å². The number of nitrogens with one attached hydrogen (secondary N) is 2. The molecule has 86 valence electrons. The molecule has 0 aromatic carbocycles. The van der Waals surface area contributed by atoms with Gasteiger partial charge in [-0.2, -0.15) is 5.10 Å². The molecule has 0 aliphatic rings. The van der Waals surface area contributed by atoms with Crippen LogP contribution in [0.25, 0.3) is 0 Å². The van der Waals surface area contributed by atoms with Gasteiger partial charge in [0.15, 0.2) is 0 Å². The van der Waals surface area contributed by atoms with Gasteiger partial charge in [-0.1, -0.05) is 0 Å². The van der Waals surface area contributed by atoms with E-state index < -0.39 is 0 Å². The lowest BCUT2D eigenvalue weighted by atomic mass is 10.1. The van der Waals surface area contributed by atoms with Crippen LogP contribution in [-0.2, 0) is 0 Å². The zero-order chi connectivity index (χ0) is 11.7. The lowest BCUT2D eigenvalue weighted by Gasteiger charge is -2.13. The summed E-state index contributed by atoms with van der Waals surface area (Å²) >= 11 is 0. The monoisotopic (exact) mass is 220 g/mol. The van der Waals surface area contributed by atoms with Crippen molar-refractivity contribution in [2.45, 2.75) is 26.8 Å². The van der Waals surface area contributed by atoms with Crippen LogP contribution >= 0.6 is 0 Å². The number of aryl methyl sites for hydroxylation is 2. The molecule has 16 heavy (non-hydrogen) atoms. The molecule has 0 aliphatic heterocycles. The Morgan fingerprint density at radius 3 is 2.75 bits per heavy atom. The second-order valence-electron chi connectivity index (χ2n) is 3.93. The Morgan fingerprint density at radius 2 is 2.25 bits per heavy atom. The highest BCUT2D eigenvalue weighted by atomic mass is 16.3. The number of hydrogen-bond donors (Lipinski definition) is 3. The summed E-state index contributed by atoms with van der Waals surface area (Å²) in [4.78, 5) is 0. The van der Waals surface area contributed by atoms with Crippen LogP contribution in [0.3, 0.4) is 0 Å². The Hall–Kier alpha value is -1.91. The molecule has 5 nitrogen and oxygen atoms in total. The van der Waals surface area contributed by atoms with Crippen molar-refractivity contribution in [1.29, 1.82) is 0 Å². The number of hydrogen-bond acceptors (Lipinski definition) is 4. The van der Waals surface area contributed by atoms with Crippen molar-refractivity contribution in [2.24, 2.45) is 0 Å². The minimum absolute atomic E-state index is 0.136. The second-order valence-corrected chi connectivity index (χ2v) is 3.93. The molecule has 4 N–H and O–H groups in total. The van der Waals surface area contributed by atoms with Crippen molar-refractivity contribution in [3.8, 4) is 0 Å². The fraction of sp³-hybridized carbons (Fsp3) is 0.364. The van der Waals surface area contributed by atoms with Gasteiger partial charge in [0.25, 0.3) is 0 Å². The van der Waals surface area contributed by atoms with E-state index in [0.717, 1.165) is 22.8 Å². The van der Waals surface area contributed by atoms with Gasteiger partial charge in [-0.05, 0) is 26.8 Å². The summed E-state index contributed by atoms with van der Waals surface area (Å²) in [6, 6.07) is 2.17. The third-order valence-corrected chi connectivity index (χ3v) is 2.59. The molecule has 0 bridgehead atoms. The molecule has 0 spiro atoms. The van der Waals surface area contributed by atoms with Crippen molar-refractivity contribution in [1.82, 2.24) is 10.2 Å². The standard InChI is InChI=1S/C11H16N4O/c1-6-4-9(8(3)16-6)7(2)14-10-5-13-15-11(10)12/h4-5,7,14H,1-3H3,(H3,12,13,15). The van der Waals surface area contributed by atoms with Gasteiger partial charge in [0, 0.05) is 5.56 Å². The number of nitrogens with zero attached hydrogens (tertiary/aromatic N) is 1. The van der Waals surface area contributed by atoms with Gasteiger partial charge < -0.3 is 15.5 Å². The third kappa shape index (κ3) is 1.88. The van der Waals surface area contributed by atoms with Gasteiger partial charge >= 0.3 is 0 Å². The second kappa shape index (κ2) is 3.92. The van der Waals surface area contributed by atoms with Crippen molar-refractivity contribution < 1.29 is 4.42 Å². The quantitative estimate of drug-likeness (QED) is 0.741. The highest BCUT2D eigenvalue weighted by Crippen LogP contribution is 2.26. The first-order chi connectivity index (χ1) is 7.58. The van der Waals surface area contributed by atoms with E-state index in [1.807, 2.05) is 19.9 Å². The molecule has 2 rings (SSSR count). The van der Waals surface area contributed by atoms with Crippen molar-refractivity contribution >= 4 is 11.5 Å². The Balaban J connectivity index is 2.17. The van der Waals surface area contributed by atoms with Gasteiger partial charge in [0.05, 0.1) is 17.9 Å². The predicted octanol–water partition coefficient (Wildman–Crippen LogP) is 2.37. The number of aromatic nitrogens is 2. The summed E-state index contributed by atoms with van der Waals surface area (Å²) in [7, 11) is 0. The van der Waals surface area contributed by atoms with Crippen LogP contribution in [0.4, 0.5) is 11.5 Å². The van der Waals surface area contributed by atoms with Crippen LogP contribution in [0.15, 0.2) is 16.7 Å². The number of aromatic amines is 1. The maximum Gasteiger partial charge on any atom is 0.142 e. The summed E-state index contributed by atoms with van der Waals surface area (Å²) in [5.41, 5.74) is 7.65. The average Bonchev–Trinajstić information content (AvgIpc) is 2.74. The molecule has 0 saturated heterocycles. The number of furan rings is 1. The fourth-order valence-corrected chi connectivity index (χ4v) is 1.80. The smallest absolute Gasteiger partial charge is 0.142 e. The Kier molecular flexibility index (Phi) is 2.60. The molecular formula is C11H16N4O. The Bertz CT molecular complexity index is 486. The van der Waals surface area contributed by atoms with Gasteiger partial charge in [0.1, 0.15) is 17.3 Å². The molecule has 2 aromatic heterocycles. The molecule has 0 radical (unpaired) electrons. The largest absolute Gasteiger partial charge is 0.466 e. The van der Waals surface area contributed by atoms with Crippen LogP contribution in [0.1, 0.15) is 30.0 Å². The molecule has 0 aliphatic carbocycles. The van der Waals surface area contributed by atoms with E-state index in [2.05, 4.69) is 22.4 Å². The minimum atomic E-state index is 0.136. The summed E-state index contributed by atoms with van der Waals surface area (Å²) in [6.45, 7) is 5.96. The average molecular weight is 220 g/mol. The molecular weight excluding hydrogens is 204 g/mol.